The Bertz CT molecular complexity index is 847. The molecule has 1 fully saturated rings. The number of nitrogens with zero attached hydrogens (tertiary/aromatic N) is 1. The molecule has 2 aromatic rings. The highest BCUT2D eigenvalue weighted by atomic mass is 14.9. The van der Waals surface area contributed by atoms with Gasteiger partial charge in [-0.3, -0.25) is 0 Å². The Morgan fingerprint density at radius 3 is 2.27 bits per heavy atom. The molecule has 0 spiro atoms. The van der Waals surface area contributed by atoms with E-state index in [1.54, 1.807) is 5.57 Å². The molecule has 26 heavy (non-hydrogen) atoms. The zero-order valence-corrected chi connectivity index (χ0v) is 15.0. The number of rotatable bonds is 3. The summed E-state index contributed by atoms with van der Waals surface area (Å²) in [6, 6.07) is 19.8. The molecule has 1 aliphatic carbocycles. The average Bonchev–Trinajstić information content (AvgIpc) is 2.86. The number of fused-ring (bicyclic) bond motifs is 2. The Morgan fingerprint density at radius 1 is 0.962 bits per heavy atom. The smallest absolute Gasteiger partial charge is 0.0621 e. The van der Waals surface area contributed by atoms with Crippen molar-refractivity contribution in [1.82, 2.24) is 5.32 Å². The minimum Gasteiger partial charge on any atom is -0.316 e. The summed E-state index contributed by atoms with van der Waals surface area (Å²) < 4.78 is 0. The van der Waals surface area contributed by atoms with Gasteiger partial charge >= 0.3 is 0 Å². The molecule has 2 aliphatic rings. The maximum Gasteiger partial charge on any atom is 0.0621 e. The van der Waals surface area contributed by atoms with Crippen molar-refractivity contribution in [1.29, 1.82) is 5.26 Å². The van der Waals surface area contributed by atoms with Crippen LogP contribution in [-0.2, 0) is 0 Å². The van der Waals surface area contributed by atoms with Crippen LogP contribution in [0, 0.1) is 17.2 Å². The van der Waals surface area contributed by atoms with E-state index in [4.69, 9.17) is 5.26 Å². The molecule has 2 heteroatoms. The van der Waals surface area contributed by atoms with Crippen molar-refractivity contribution in [3.8, 4) is 6.07 Å². The first-order chi connectivity index (χ1) is 12.9. The number of benzene rings is 2. The van der Waals surface area contributed by atoms with Gasteiger partial charge in [0.2, 0.25) is 0 Å². The van der Waals surface area contributed by atoms with Gasteiger partial charge in [-0.05, 0) is 59.6 Å². The topological polar surface area (TPSA) is 35.8 Å². The Kier molecular flexibility index (Phi) is 5.00. The van der Waals surface area contributed by atoms with E-state index in [1.807, 2.05) is 0 Å². The molecule has 1 N–H and O–H groups in total. The zero-order chi connectivity index (χ0) is 17.8. The third-order valence-corrected chi connectivity index (χ3v) is 5.52. The molecular formula is C24H24N2. The van der Waals surface area contributed by atoms with E-state index in [2.05, 4.69) is 72.1 Å². The van der Waals surface area contributed by atoms with Crippen molar-refractivity contribution >= 4 is 17.7 Å². The van der Waals surface area contributed by atoms with Gasteiger partial charge in [-0.25, -0.2) is 0 Å². The van der Waals surface area contributed by atoms with Crippen LogP contribution in [0.4, 0.5) is 0 Å². The van der Waals surface area contributed by atoms with Gasteiger partial charge < -0.3 is 5.32 Å². The zero-order valence-electron chi connectivity index (χ0n) is 15.0. The normalized spacial score (nSPS) is 18.7. The molecule has 1 heterocycles. The van der Waals surface area contributed by atoms with Gasteiger partial charge in [0.25, 0.3) is 0 Å². The fourth-order valence-electron chi connectivity index (χ4n) is 4.27. The lowest BCUT2D eigenvalue weighted by atomic mass is 9.79. The summed E-state index contributed by atoms with van der Waals surface area (Å²) in [7, 11) is 0. The highest BCUT2D eigenvalue weighted by molar-refractivity contribution is 5.95. The molecular weight excluding hydrogens is 316 g/mol. The fourth-order valence-corrected chi connectivity index (χ4v) is 4.27. The minimum absolute atomic E-state index is 0.506. The van der Waals surface area contributed by atoms with Gasteiger partial charge in [0.05, 0.1) is 6.07 Å². The molecule has 2 aromatic carbocycles. The molecule has 1 atom stereocenters. The maximum absolute atomic E-state index is 8.92. The van der Waals surface area contributed by atoms with Crippen LogP contribution in [0.15, 0.2) is 54.1 Å². The fraction of sp³-hybridized carbons (Fsp3) is 0.292. The second kappa shape index (κ2) is 7.72. The quantitative estimate of drug-likeness (QED) is 0.659. The van der Waals surface area contributed by atoms with Crippen LogP contribution < -0.4 is 5.32 Å². The SMILES string of the molecule is N#CCCCC1CNCCC1=C1c2ccccc2C=Cc2ccccc21. The Hall–Kier alpha value is -2.63. The summed E-state index contributed by atoms with van der Waals surface area (Å²) in [4.78, 5) is 0. The highest BCUT2D eigenvalue weighted by Gasteiger charge is 2.25. The number of hydrogen-bond donors (Lipinski definition) is 1. The summed E-state index contributed by atoms with van der Waals surface area (Å²) in [5, 5.41) is 12.5. The molecule has 0 amide bonds. The van der Waals surface area contributed by atoms with Crippen molar-refractivity contribution in [3.05, 3.63) is 76.4 Å². The highest BCUT2D eigenvalue weighted by Crippen LogP contribution is 2.40. The van der Waals surface area contributed by atoms with E-state index in [9.17, 15) is 0 Å². The number of nitriles is 1. The van der Waals surface area contributed by atoms with Crippen molar-refractivity contribution in [2.45, 2.75) is 25.7 Å². The van der Waals surface area contributed by atoms with E-state index >= 15 is 0 Å². The van der Waals surface area contributed by atoms with E-state index in [-0.39, 0.29) is 0 Å². The molecule has 4 rings (SSSR count). The van der Waals surface area contributed by atoms with E-state index in [1.165, 1.54) is 27.8 Å². The molecule has 1 aliphatic heterocycles. The number of unbranched alkanes of at least 4 members (excludes halogenated alkanes) is 1. The van der Waals surface area contributed by atoms with Crippen molar-refractivity contribution in [2.24, 2.45) is 5.92 Å². The monoisotopic (exact) mass is 340 g/mol. The minimum atomic E-state index is 0.506. The van der Waals surface area contributed by atoms with Crippen molar-refractivity contribution in [2.75, 3.05) is 13.1 Å². The summed E-state index contributed by atoms with van der Waals surface area (Å²) in [5.74, 6) is 0.506. The average molecular weight is 340 g/mol. The van der Waals surface area contributed by atoms with Crippen LogP contribution in [0.2, 0.25) is 0 Å². The van der Waals surface area contributed by atoms with Gasteiger partial charge in [-0.15, -0.1) is 0 Å². The standard InChI is InChI=1S/C24H24N2/c25-15-6-5-9-20-17-26-16-14-23(20)24-21-10-3-1-7-18(21)12-13-19-8-2-4-11-22(19)24/h1-4,7-8,10-13,20,26H,5-6,9,14,16-17H2. The lowest BCUT2D eigenvalue weighted by Crippen LogP contribution is -2.32. The van der Waals surface area contributed by atoms with Gasteiger partial charge in [0.1, 0.15) is 0 Å². The van der Waals surface area contributed by atoms with Gasteiger partial charge in [-0.2, -0.15) is 5.26 Å². The molecule has 0 aromatic heterocycles. The van der Waals surface area contributed by atoms with E-state index < -0.39 is 0 Å². The van der Waals surface area contributed by atoms with E-state index in [0.717, 1.165) is 32.4 Å². The predicted octanol–water partition coefficient (Wildman–Crippen LogP) is 5.28. The Balaban J connectivity index is 1.89. The van der Waals surface area contributed by atoms with Gasteiger partial charge in [0.15, 0.2) is 0 Å². The molecule has 1 unspecified atom stereocenters. The van der Waals surface area contributed by atoms with Crippen molar-refractivity contribution < 1.29 is 0 Å². The maximum atomic E-state index is 8.92. The molecule has 0 saturated carbocycles. The Labute approximate surface area is 155 Å². The Morgan fingerprint density at radius 2 is 1.62 bits per heavy atom. The van der Waals surface area contributed by atoms with Crippen LogP contribution in [0.3, 0.4) is 0 Å². The number of hydrogen-bond acceptors (Lipinski definition) is 2. The first-order valence-electron chi connectivity index (χ1n) is 9.56. The largest absolute Gasteiger partial charge is 0.316 e. The number of nitrogens with one attached hydrogen (secondary N) is 1. The molecule has 1 saturated heterocycles. The summed E-state index contributed by atoms with van der Waals surface area (Å²) in [6.45, 7) is 2.05. The van der Waals surface area contributed by atoms with Gasteiger partial charge in [0, 0.05) is 13.0 Å². The number of piperidine rings is 1. The predicted molar refractivity (Wildman–Crippen MR) is 108 cm³/mol. The first-order valence-corrected chi connectivity index (χ1v) is 9.56. The molecule has 0 radical (unpaired) electrons. The third-order valence-electron chi connectivity index (χ3n) is 5.52. The summed E-state index contributed by atoms with van der Waals surface area (Å²) >= 11 is 0. The second-order valence-corrected chi connectivity index (χ2v) is 7.11. The van der Waals surface area contributed by atoms with Gasteiger partial charge in [-0.1, -0.05) is 66.3 Å². The lowest BCUT2D eigenvalue weighted by molar-refractivity contribution is 0.439. The molecule has 2 nitrogen and oxygen atoms in total. The van der Waals surface area contributed by atoms with Crippen molar-refractivity contribution in [3.63, 3.8) is 0 Å². The van der Waals surface area contributed by atoms with Crippen LogP contribution in [0.1, 0.15) is 47.9 Å². The third kappa shape index (κ3) is 3.23. The van der Waals surface area contributed by atoms with Crippen LogP contribution >= 0.6 is 0 Å². The van der Waals surface area contributed by atoms with E-state index in [0.29, 0.717) is 12.3 Å². The summed E-state index contributed by atoms with van der Waals surface area (Å²) in [5.41, 5.74) is 8.25. The molecule has 0 bridgehead atoms. The van der Waals surface area contributed by atoms with Crippen LogP contribution in [0.5, 0.6) is 0 Å². The van der Waals surface area contributed by atoms with Crippen LogP contribution in [-0.4, -0.2) is 13.1 Å². The molecule has 130 valence electrons. The summed E-state index contributed by atoms with van der Waals surface area (Å²) in [6.07, 6.45) is 8.27. The lowest BCUT2D eigenvalue weighted by Gasteiger charge is -2.30. The second-order valence-electron chi connectivity index (χ2n) is 7.11. The van der Waals surface area contributed by atoms with Crippen LogP contribution in [0.25, 0.3) is 17.7 Å². The first kappa shape index (κ1) is 16.8.